The van der Waals surface area contributed by atoms with Gasteiger partial charge in [-0.2, -0.15) is 0 Å². The number of rotatable bonds is 8. The summed E-state index contributed by atoms with van der Waals surface area (Å²) in [5, 5.41) is 5.86. The summed E-state index contributed by atoms with van der Waals surface area (Å²) in [6, 6.07) is 21.4. The van der Waals surface area contributed by atoms with Crippen LogP contribution >= 0.6 is 0 Å². The number of aryl methyl sites for hydroxylation is 2. The third-order valence-corrected chi connectivity index (χ3v) is 6.30. The van der Waals surface area contributed by atoms with Crippen LogP contribution in [-0.2, 0) is 16.1 Å². The molecule has 37 heavy (non-hydrogen) atoms. The molecular formula is C30H33N3O4. The van der Waals surface area contributed by atoms with Gasteiger partial charge in [-0.25, -0.2) is 4.79 Å². The van der Waals surface area contributed by atoms with Crippen LogP contribution in [0.4, 0.5) is 10.5 Å². The second-order valence-electron chi connectivity index (χ2n) is 9.95. The fraction of sp³-hybridized carbons (Fsp3) is 0.300. The van der Waals surface area contributed by atoms with Crippen LogP contribution < -0.4 is 10.6 Å². The predicted molar refractivity (Wildman–Crippen MR) is 143 cm³/mol. The van der Waals surface area contributed by atoms with Crippen LogP contribution in [0.25, 0.3) is 0 Å². The fourth-order valence-electron chi connectivity index (χ4n) is 4.21. The second kappa shape index (κ2) is 11.3. The molecule has 2 N–H and O–H groups in total. The van der Waals surface area contributed by atoms with E-state index in [0.29, 0.717) is 23.4 Å². The summed E-state index contributed by atoms with van der Waals surface area (Å²) in [4.78, 5) is 40.6. The van der Waals surface area contributed by atoms with Crippen LogP contribution in [-0.4, -0.2) is 35.4 Å². The third kappa shape index (κ3) is 6.36. The molecule has 0 radical (unpaired) electrons. The molecule has 0 aromatic heterocycles. The van der Waals surface area contributed by atoms with E-state index in [1.54, 1.807) is 36.4 Å². The van der Waals surface area contributed by atoms with Crippen molar-refractivity contribution in [2.24, 2.45) is 5.92 Å². The summed E-state index contributed by atoms with van der Waals surface area (Å²) in [6.45, 7) is 8.72. The Morgan fingerprint density at radius 2 is 1.59 bits per heavy atom. The average Bonchev–Trinajstić information content (AvgIpc) is 3.20. The Hall–Kier alpha value is -4.13. The minimum atomic E-state index is -0.851. The molecule has 7 nitrogen and oxygen atoms in total. The first-order valence-electron chi connectivity index (χ1n) is 12.5. The average molecular weight is 500 g/mol. The predicted octanol–water partition coefficient (Wildman–Crippen LogP) is 5.39. The largest absolute Gasteiger partial charge is 0.438 e. The van der Waals surface area contributed by atoms with Crippen LogP contribution in [0.5, 0.6) is 0 Å². The van der Waals surface area contributed by atoms with E-state index < -0.39 is 18.2 Å². The molecule has 3 aromatic carbocycles. The summed E-state index contributed by atoms with van der Waals surface area (Å²) in [5.74, 6) is -0.259. The minimum Gasteiger partial charge on any atom is -0.438 e. The van der Waals surface area contributed by atoms with Crippen LogP contribution in [0.15, 0.2) is 72.8 Å². The highest BCUT2D eigenvalue weighted by Gasteiger charge is 2.47. The van der Waals surface area contributed by atoms with E-state index in [1.165, 1.54) is 4.90 Å². The summed E-state index contributed by atoms with van der Waals surface area (Å²) in [6.07, 6.45) is -1.37. The molecule has 4 rings (SSSR count). The SMILES string of the molecule is Cc1ccc(CN2C(=O)O[C@@H](c3cccc(NC(=O)c4ccc(C)cc4)c3)[C@H]2C(=O)NCC(C)C)cc1. The molecule has 1 fully saturated rings. The molecule has 0 aliphatic carbocycles. The summed E-state index contributed by atoms with van der Waals surface area (Å²) in [5.41, 5.74) is 4.81. The summed E-state index contributed by atoms with van der Waals surface area (Å²) in [7, 11) is 0. The number of cyclic esters (lactones) is 1. The topological polar surface area (TPSA) is 87.7 Å². The quantitative estimate of drug-likeness (QED) is 0.435. The molecule has 0 unspecified atom stereocenters. The first-order chi connectivity index (χ1) is 17.7. The number of hydrogen-bond donors (Lipinski definition) is 2. The van der Waals surface area contributed by atoms with Crippen molar-refractivity contribution in [2.75, 3.05) is 11.9 Å². The molecule has 1 saturated heterocycles. The molecule has 3 amide bonds. The highest BCUT2D eigenvalue weighted by Crippen LogP contribution is 2.35. The zero-order valence-electron chi connectivity index (χ0n) is 21.7. The fourth-order valence-corrected chi connectivity index (χ4v) is 4.21. The first-order valence-corrected chi connectivity index (χ1v) is 12.5. The number of anilines is 1. The number of benzene rings is 3. The molecule has 0 spiro atoms. The Bertz CT molecular complexity index is 1270. The Labute approximate surface area is 217 Å². The van der Waals surface area contributed by atoms with Gasteiger partial charge in [-0.05, 0) is 55.2 Å². The lowest BCUT2D eigenvalue weighted by Crippen LogP contribution is -2.47. The normalized spacial score (nSPS) is 17.0. The van der Waals surface area contributed by atoms with Gasteiger partial charge in [-0.15, -0.1) is 0 Å². The van der Waals surface area contributed by atoms with Crippen LogP contribution in [0.3, 0.4) is 0 Å². The number of nitrogens with zero attached hydrogens (tertiary/aromatic N) is 1. The summed E-state index contributed by atoms with van der Waals surface area (Å²) < 4.78 is 5.77. The van der Waals surface area contributed by atoms with Crippen molar-refractivity contribution < 1.29 is 19.1 Å². The van der Waals surface area contributed by atoms with Gasteiger partial charge in [0.1, 0.15) is 0 Å². The van der Waals surface area contributed by atoms with Crippen molar-refractivity contribution in [1.82, 2.24) is 10.2 Å². The van der Waals surface area contributed by atoms with Gasteiger partial charge < -0.3 is 15.4 Å². The minimum absolute atomic E-state index is 0.243. The molecule has 0 bridgehead atoms. The Morgan fingerprint density at radius 1 is 0.946 bits per heavy atom. The van der Waals surface area contributed by atoms with Crippen molar-refractivity contribution in [3.8, 4) is 0 Å². The maximum atomic E-state index is 13.4. The van der Waals surface area contributed by atoms with Gasteiger partial charge in [0.2, 0.25) is 5.91 Å². The maximum absolute atomic E-state index is 13.4. The van der Waals surface area contributed by atoms with Crippen molar-refractivity contribution in [1.29, 1.82) is 0 Å². The molecule has 1 aliphatic heterocycles. The van der Waals surface area contributed by atoms with E-state index >= 15 is 0 Å². The molecule has 1 heterocycles. The van der Waals surface area contributed by atoms with Crippen LogP contribution in [0.2, 0.25) is 0 Å². The molecule has 0 saturated carbocycles. The summed E-state index contributed by atoms with van der Waals surface area (Å²) >= 11 is 0. The van der Waals surface area contributed by atoms with E-state index in [9.17, 15) is 14.4 Å². The van der Waals surface area contributed by atoms with Gasteiger partial charge in [0.25, 0.3) is 5.91 Å². The van der Waals surface area contributed by atoms with Gasteiger partial charge >= 0.3 is 6.09 Å². The van der Waals surface area contributed by atoms with Crippen LogP contribution in [0.1, 0.15) is 52.6 Å². The standard InChI is InChI=1S/C30H33N3O4/c1-19(2)17-31-29(35)26-27(37-30(36)33(26)18-22-12-8-20(3)9-13-22)24-6-5-7-25(16-24)32-28(34)23-14-10-21(4)11-15-23/h5-16,19,26-27H,17-18H2,1-4H3,(H,31,35)(H,32,34)/t26-,27-/m0/s1. The van der Waals surface area contributed by atoms with Gasteiger partial charge in [-0.1, -0.05) is 73.5 Å². The van der Waals surface area contributed by atoms with Crippen molar-refractivity contribution in [3.63, 3.8) is 0 Å². The molecular weight excluding hydrogens is 466 g/mol. The maximum Gasteiger partial charge on any atom is 0.411 e. The Morgan fingerprint density at radius 3 is 2.24 bits per heavy atom. The van der Waals surface area contributed by atoms with E-state index in [-0.39, 0.29) is 24.3 Å². The highest BCUT2D eigenvalue weighted by molar-refractivity contribution is 6.04. The molecule has 1 aliphatic rings. The first kappa shape index (κ1) is 25.9. The number of ether oxygens (including phenoxy) is 1. The Kier molecular flexibility index (Phi) is 7.92. The van der Waals surface area contributed by atoms with E-state index in [0.717, 1.165) is 16.7 Å². The van der Waals surface area contributed by atoms with E-state index in [1.807, 2.05) is 64.1 Å². The molecule has 3 aromatic rings. The zero-order chi connectivity index (χ0) is 26.5. The van der Waals surface area contributed by atoms with Crippen molar-refractivity contribution >= 4 is 23.6 Å². The molecule has 2 atom stereocenters. The lowest BCUT2D eigenvalue weighted by molar-refractivity contribution is -0.126. The zero-order valence-corrected chi connectivity index (χ0v) is 21.7. The molecule has 7 heteroatoms. The van der Waals surface area contributed by atoms with Crippen molar-refractivity contribution in [3.05, 3.63) is 101 Å². The lowest BCUT2D eigenvalue weighted by Gasteiger charge is -2.25. The lowest BCUT2D eigenvalue weighted by atomic mass is 9.99. The van der Waals surface area contributed by atoms with Crippen LogP contribution in [0, 0.1) is 19.8 Å². The number of amides is 3. The van der Waals surface area contributed by atoms with E-state index in [2.05, 4.69) is 10.6 Å². The second-order valence-corrected chi connectivity index (χ2v) is 9.95. The monoisotopic (exact) mass is 499 g/mol. The van der Waals surface area contributed by atoms with Gasteiger partial charge in [0.05, 0.1) is 6.54 Å². The number of carbonyl (C=O) groups is 3. The van der Waals surface area contributed by atoms with Gasteiger partial charge in [0, 0.05) is 17.8 Å². The smallest absolute Gasteiger partial charge is 0.411 e. The van der Waals surface area contributed by atoms with Gasteiger partial charge in [-0.3, -0.25) is 14.5 Å². The Balaban J connectivity index is 1.59. The number of hydrogen-bond acceptors (Lipinski definition) is 4. The third-order valence-electron chi connectivity index (χ3n) is 6.30. The highest BCUT2D eigenvalue weighted by atomic mass is 16.6. The van der Waals surface area contributed by atoms with Crippen molar-refractivity contribution in [2.45, 2.75) is 46.4 Å². The van der Waals surface area contributed by atoms with E-state index in [4.69, 9.17) is 4.74 Å². The van der Waals surface area contributed by atoms with Gasteiger partial charge in [0.15, 0.2) is 12.1 Å². The number of nitrogens with one attached hydrogen (secondary N) is 2. The number of carbonyl (C=O) groups excluding carboxylic acids is 3. The molecule has 192 valence electrons.